The van der Waals surface area contributed by atoms with E-state index in [9.17, 15) is 15.0 Å². The molecule has 3 aliphatic carbocycles. The Labute approximate surface area is 286 Å². The summed E-state index contributed by atoms with van der Waals surface area (Å²) >= 11 is 0. The average Bonchev–Trinajstić information content (AvgIpc) is 3.92. The topological polar surface area (TPSA) is 110 Å². The first-order valence-electron chi connectivity index (χ1n) is 17.9. The lowest BCUT2D eigenvalue weighted by molar-refractivity contribution is -0.256. The number of oxime groups is 1. The summed E-state index contributed by atoms with van der Waals surface area (Å²) < 4.78 is 20.1. The summed E-state index contributed by atoms with van der Waals surface area (Å²) in [5.74, 6) is 0.303. The summed E-state index contributed by atoms with van der Waals surface area (Å²) in [4.78, 5) is 21.8. The molecular formula is C39H56N2O7. The van der Waals surface area contributed by atoms with E-state index in [0.29, 0.717) is 19.4 Å². The lowest BCUT2D eigenvalue weighted by Crippen LogP contribution is -2.69. The van der Waals surface area contributed by atoms with Gasteiger partial charge in [-0.15, -0.1) is 6.58 Å². The zero-order valence-electron chi connectivity index (χ0n) is 29.4. The molecule has 0 spiro atoms. The highest BCUT2D eigenvalue weighted by Crippen LogP contribution is 2.62. The van der Waals surface area contributed by atoms with Gasteiger partial charge in [0.1, 0.15) is 29.7 Å². The predicted molar refractivity (Wildman–Crippen MR) is 187 cm³/mol. The van der Waals surface area contributed by atoms with Crippen LogP contribution >= 0.6 is 0 Å². The molecule has 4 aliphatic rings. The number of hydrogen-bond acceptors (Lipinski definition) is 8. The molecule has 2 fully saturated rings. The number of rotatable bonds is 17. The minimum atomic E-state index is -1.22. The second-order valence-electron chi connectivity index (χ2n) is 14.8. The quantitative estimate of drug-likeness (QED) is 0.110. The molecule has 0 radical (unpaired) electrons. The fourth-order valence-corrected chi connectivity index (χ4v) is 7.94. The fourth-order valence-electron chi connectivity index (χ4n) is 7.94. The molecular weight excluding hydrogens is 608 g/mol. The van der Waals surface area contributed by atoms with Crippen LogP contribution in [0.5, 0.6) is 11.5 Å². The van der Waals surface area contributed by atoms with Crippen molar-refractivity contribution in [3.05, 3.63) is 60.7 Å². The van der Waals surface area contributed by atoms with Gasteiger partial charge in [-0.1, -0.05) is 42.8 Å². The maximum atomic E-state index is 13.8. The van der Waals surface area contributed by atoms with E-state index in [4.69, 9.17) is 24.2 Å². The minimum absolute atomic E-state index is 0.0133. The Morgan fingerprint density at radius 2 is 1.79 bits per heavy atom. The van der Waals surface area contributed by atoms with Crippen LogP contribution in [0.2, 0.25) is 0 Å². The molecule has 264 valence electrons. The first kappa shape index (κ1) is 36.1. The van der Waals surface area contributed by atoms with Crippen LogP contribution in [-0.4, -0.2) is 77.6 Å². The van der Waals surface area contributed by atoms with E-state index < -0.39 is 17.4 Å². The van der Waals surface area contributed by atoms with Gasteiger partial charge in [0.15, 0.2) is 0 Å². The molecule has 1 aromatic rings. The number of allylic oxidation sites excluding steroid dienone is 1. The molecule has 1 amide bonds. The number of ether oxygens (including phenoxy) is 3. The maximum Gasteiger partial charge on any atom is 0.239 e. The van der Waals surface area contributed by atoms with Crippen LogP contribution in [-0.2, 0) is 14.4 Å². The molecule has 6 atom stereocenters. The SMILES string of the molecule is C=CCOc1ccc2c(c1)C1C(CCCCO)C(CCCCO)C=C3C(=NOC(C)(C)C)CC(N(C)C(=O)C4CC4)C(OCC=C)(O2)C31. The Bertz CT molecular complexity index is 1360. The molecule has 1 heterocycles. The van der Waals surface area contributed by atoms with Crippen LogP contribution in [0, 0.1) is 23.7 Å². The fraction of sp³-hybridized carbons (Fsp3) is 0.641. The van der Waals surface area contributed by atoms with E-state index in [1.807, 2.05) is 44.9 Å². The molecule has 0 aromatic heterocycles. The van der Waals surface area contributed by atoms with Crippen molar-refractivity contribution in [2.45, 2.75) is 102 Å². The van der Waals surface area contributed by atoms with Gasteiger partial charge < -0.3 is 34.2 Å². The lowest BCUT2D eigenvalue weighted by Gasteiger charge is -2.59. The Balaban J connectivity index is 1.76. The first-order valence-corrected chi connectivity index (χ1v) is 17.9. The molecule has 0 bridgehead atoms. The molecule has 1 aromatic carbocycles. The van der Waals surface area contributed by atoms with Crippen LogP contribution in [0.15, 0.2) is 60.3 Å². The van der Waals surface area contributed by atoms with E-state index >= 15 is 0 Å². The van der Waals surface area contributed by atoms with E-state index in [0.717, 1.165) is 73.3 Å². The Morgan fingerprint density at radius 3 is 2.44 bits per heavy atom. The molecule has 9 heteroatoms. The van der Waals surface area contributed by atoms with Crippen molar-refractivity contribution in [2.75, 3.05) is 33.5 Å². The van der Waals surface area contributed by atoms with Gasteiger partial charge in [0.2, 0.25) is 11.7 Å². The number of likely N-dealkylation sites (N-methyl/N-ethyl adjacent to an activating group) is 1. The number of amides is 1. The molecule has 1 aliphatic heterocycles. The number of carbonyl (C=O) groups is 1. The van der Waals surface area contributed by atoms with Crippen molar-refractivity contribution in [3.8, 4) is 11.5 Å². The van der Waals surface area contributed by atoms with Gasteiger partial charge in [-0.3, -0.25) is 4.79 Å². The number of hydrogen-bond donors (Lipinski definition) is 2. The predicted octanol–water partition coefficient (Wildman–Crippen LogP) is 6.55. The second kappa shape index (κ2) is 15.6. The van der Waals surface area contributed by atoms with E-state index in [-0.39, 0.29) is 55.3 Å². The molecule has 2 saturated carbocycles. The van der Waals surface area contributed by atoms with Crippen molar-refractivity contribution >= 4 is 11.6 Å². The molecule has 5 rings (SSSR count). The third-order valence-corrected chi connectivity index (χ3v) is 10.2. The number of aliphatic hydroxyl groups is 2. The lowest BCUT2D eigenvalue weighted by atomic mass is 9.55. The van der Waals surface area contributed by atoms with Crippen molar-refractivity contribution in [3.63, 3.8) is 0 Å². The molecule has 2 N–H and O–H groups in total. The van der Waals surface area contributed by atoms with Crippen molar-refractivity contribution < 1.29 is 34.1 Å². The van der Waals surface area contributed by atoms with Gasteiger partial charge in [0.25, 0.3) is 0 Å². The Morgan fingerprint density at radius 1 is 1.08 bits per heavy atom. The number of unbranched alkanes of at least 4 members (excludes halogenated alkanes) is 2. The number of aliphatic hydroxyl groups excluding tert-OH is 2. The van der Waals surface area contributed by atoms with Crippen LogP contribution in [0.25, 0.3) is 0 Å². The van der Waals surface area contributed by atoms with Crippen LogP contribution in [0.4, 0.5) is 0 Å². The highest BCUT2D eigenvalue weighted by Gasteiger charge is 2.65. The normalized spacial score (nSPS) is 28.4. The Hall–Kier alpha value is -3.14. The number of benzene rings is 1. The van der Waals surface area contributed by atoms with Gasteiger partial charge in [-0.2, -0.15) is 0 Å². The summed E-state index contributed by atoms with van der Waals surface area (Å²) in [7, 11) is 1.88. The third kappa shape index (κ3) is 7.68. The summed E-state index contributed by atoms with van der Waals surface area (Å²) in [5.41, 5.74) is 2.37. The summed E-state index contributed by atoms with van der Waals surface area (Å²) in [6.45, 7) is 14.7. The zero-order chi connectivity index (χ0) is 34.5. The van der Waals surface area contributed by atoms with E-state index in [2.05, 4.69) is 25.3 Å². The summed E-state index contributed by atoms with van der Waals surface area (Å²) in [6.07, 6.45) is 13.0. The van der Waals surface area contributed by atoms with E-state index in [1.54, 1.807) is 12.2 Å². The zero-order valence-corrected chi connectivity index (χ0v) is 29.4. The van der Waals surface area contributed by atoms with Gasteiger partial charge in [-0.25, -0.2) is 0 Å². The van der Waals surface area contributed by atoms with Crippen LogP contribution < -0.4 is 9.47 Å². The van der Waals surface area contributed by atoms with Crippen molar-refractivity contribution in [1.82, 2.24) is 4.90 Å². The first-order chi connectivity index (χ1) is 23.1. The van der Waals surface area contributed by atoms with Gasteiger partial charge >= 0.3 is 0 Å². The minimum Gasteiger partial charge on any atom is -0.490 e. The number of fused-ring (bicyclic) bond motifs is 2. The largest absolute Gasteiger partial charge is 0.490 e. The smallest absolute Gasteiger partial charge is 0.239 e. The van der Waals surface area contributed by atoms with Gasteiger partial charge in [-0.05, 0) is 94.9 Å². The molecule has 0 saturated heterocycles. The third-order valence-electron chi connectivity index (χ3n) is 10.2. The molecule has 9 nitrogen and oxygen atoms in total. The summed E-state index contributed by atoms with van der Waals surface area (Å²) in [6, 6.07) is 5.51. The summed E-state index contributed by atoms with van der Waals surface area (Å²) in [5, 5.41) is 24.3. The monoisotopic (exact) mass is 664 g/mol. The molecule has 48 heavy (non-hydrogen) atoms. The Kier molecular flexibility index (Phi) is 11.8. The highest BCUT2D eigenvalue weighted by atomic mass is 16.7. The number of carbonyl (C=O) groups excluding carboxylic acids is 1. The van der Waals surface area contributed by atoms with Crippen molar-refractivity contribution in [2.24, 2.45) is 28.8 Å². The standard InChI is InChI=1S/C39H56N2O7/c1-7-21-45-28-17-18-33-31(24-28)35-29(14-10-12-20-43)27(13-9-11-19-42)23-30-32(40-48-38(3,4)5)25-34(41(6)37(44)26-15-16-26)39(47-33,36(30)35)46-22-8-2/h7-8,17-18,23-24,26-27,29,34-36,42-43H,1-2,9-16,19-22,25H2,3-6H3. The van der Waals surface area contributed by atoms with Crippen LogP contribution in [0.3, 0.4) is 0 Å². The van der Waals surface area contributed by atoms with Gasteiger partial charge in [0.05, 0.1) is 18.2 Å². The molecule has 6 unspecified atom stereocenters. The van der Waals surface area contributed by atoms with Crippen molar-refractivity contribution in [1.29, 1.82) is 0 Å². The second-order valence-corrected chi connectivity index (χ2v) is 14.8. The van der Waals surface area contributed by atoms with E-state index in [1.165, 1.54) is 0 Å². The van der Waals surface area contributed by atoms with Gasteiger partial charge in [0, 0.05) is 44.1 Å². The average molecular weight is 665 g/mol. The maximum absolute atomic E-state index is 13.8. The number of nitrogens with zero attached hydrogens (tertiary/aromatic N) is 2. The highest BCUT2D eigenvalue weighted by molar-refractivity contribution is 6.03. The van der Waals surface area contributed by atoms with Crippen LogP contribution in [0.1, 0.15) is 90.0 Å².